The second-order valence-electron chi connectivity index (χ2n) is 6.13. The van der Waals surface area contributed by atoms with E-state index >= 15 is 0 Å². The summed E-state index contributed by atoms with van der Waals surface area (Å²) in [5.41, 5.74) is 1.82. The molecule has 3 N–H and O–H groups in total. The molecule has 10 heteroatoms. The van der Waals surface area contributed by atoms with E-state index in [1.807, 2.05) is 0 Å². The molecule has 2 amide bonds. The van der Waals surface area contributed by atoms with E-state index in [4.69, 9.17) is 16.6 Å². The Morgan fingerprint density at radius 3 is 2.10 bits per heavy atom. The Kier molecular flexibility index (Phi) is 6.18. The van der Waals surface area contributed by atoms with Crippen LogP contribution in [0.2, 0.25) is 0 Å². The Morgan fingerprint density at radius 2 is 1.53 bits per heavy atom. The third kappa shape index (κ3) is 5.26. The fourth-order valence-corrected chi connectivity index (χ4v) is 2.74. The maximum Gasteiger partial charge on any atom is 0.293 e. The van der Waals surface area contributed by atoms with E-state index in [-0.39, 0.29) is 22.5 Å². The predicted octanol–water partition coefficient (Wildman–Crippen LogP) is 3.94. The zero-order valence-corrected chi connectivity index (χ0v) is 16.5. The van der Waals surface area contributed by atoms with Gasteiger partial charge in [-0.3, -0.25) is 25.0 Å². The number of nitro groups is 1. The van der Waals surface area contributed by atoms with Gasteiger partial charge >= 0.3 is 0 Å². The summed E-state index contributed by atoms with van der Waals surface area (Å²) in [5, 5.41) is 18.8. The van der Waals surface area contributed by atoms with Gasteiger partial charge < -0.3 is 15.1 Å². The standard InChI is InChI=1S/C20H16N4O5S/c1-12(25)21-14-4-6-15(7-5-14)22-20(30)23-19(26)18-11-10-17(29-18)13-2-8-16(9-3-13)24(27)28/h2-11H,1H3,(H,21,25)(H2,22,23,26,30). The quantitative estimate of drug-likeness (QED) is 0.322. The highest BCUT2D eigenvalue weighted by atomic mass is 32.1. The van der Waals surface area contributed by atoms with Crippen LogP contribution >= 0.6 is 12.2 Å². The van der Waals surface area contributed by atoms with Gasteiger partial charge in [-0.05, 0) is 60.7 Å². The van der Waals surface area contributed by atoms with Crippen molar-refractivity contribution >= 4 is 46.2 Å². The molecular weight excluding hydrogens is 408 g/mol. The number of furan rings is 1. The summed E-state index contributed by atoms with van der Waals surface area (Å²) >= 11 is 5.14. The molecule has 152 valence electrons. The normalized spacial score (nSPS) is 10.2. The van der Waals surface area contributed by atoms with Crippen molar-refractivity contribution in [3.05, 3.63) is 76.5 Å². The average Bonchev–Trinajstić information content (AvgIpc) is 3.19. The molecule has 1 heterocycles. The Hall–Kier alpha value is -4.05. The first kappa shape index (κ1) is 20.7. The highest BCUT2D eigenvalue weighted by Gasteiger charge is 2.14. The van der Waals surface area contributed by atoms with Gasteiger partial charge in [-0.25, -0.2) is 0 Å². The number of non-ortho nitro benzene ring substituents is 1. The van der Waals surface area contributed by atoms with Gasteiger partial charge in [-0.2, -0.15) is 0 Å². The van der Waals surface area contributed by atoms with Gasteiger partial charge in [0.05, 0.1) is 4.92 Å². The van der Waals surface area contributed by atoms with E-state index in [0.717, 1.165) is 0 Å². The zero-order valence-electron chi connectivity index (χ0n) is 15.7. The number of rotatable bonds is 5. The molecule has 0 unspecified atom stereocenters. The summed E-state index contributed by atoms with van der Waals surface area (Å²) in [5.74, 6) is -0.295. The van der Waals surface area contributed by atoms with E-state index in [1.165, 1.54) is 37.3 Å². The molecule has 3 rings (SSSR count). The average molecular weight is 424 g/mol. The fraction of sp³-hybridized carbons (Fsp3) is 0.0500. The van der Waals surface area contributed by atoms with Crippen LogP contribution in [0.3, 0.4) is 0 Å². The van der Waals surface area contributed by atoms with E-state index < -0.39 is 10.8 Å². The van der Waals surface area contributed by atoms with Crippen molar-refractivity contribution in [2.45, 2.75) is 6.92 Å². The highest BCUT2D eigenvalue weighted by Crippen LogP contribution is 2.24. The first-order chi connectivity index (χ1) is 14.3. The van der Waals surface area contributed by atoms with Crippen molar-refractivity contribution in [2.75, 3.05) is 10.6 Å². The van der Waals surface area contributed by atoms with Crippen molar-refractivity contribution < 1.29 is 18.9 Å². The predicted molar refractivity (Wildman–Crippen MR) is 115 cm³/mol. The Balaban J connectivity index is 1.60. The van der Waals surface area contributed by atoms with Gasteiger partial charge in [-0.15, -0.1) is 0 Å². The highest BCUT2D eigenvalue weighted by molar-refractivity contribution is 7.80. The molecule has 2 aromatic carbocycles. The van der Waals surface area contributed by atoms with Crippen molar-refractivity contribution in [3.63, 3.8) is 0 Å². The van der Waals surface area contributed by atoms with Gasteiger partial charge in [-0.1, -0.05) is 0 Å². The summed E-state index contributed by atoms with van der Waals surface area (Å²) < 4.78 is 5.53. The number of thiocarbonyl (C=S) groups is 1. The minimum atomic E-state index is -0.546. The summed E-state index contributed by atoms with van der Waals surface area (Å²) in [4.78, 5) is 33.6. The Labute approximate surface area is 176 Å². The SMILES string of the molecule is CC(=O)Nc1ccc(NC(=S)NC(=O)c2ccc(-c3ccc([N+](=O)[O-])cc3)o2)cc1. The van der Waals surface area contributed by atoms with Crippen LogP contribution in [0.1, 0.15) is 17.5 Å². The van der Waals surface area contributed by atoms with Crippen LogP contribution in [0.15, 0.2) is 65.1 Å². The lowest BCUT2D eigenvalue weighted by Crippen LogP contribution is -2.33. The van der Waals surface area contributed by atoms with Crippen LogP contribution in [-0.2, 0) is 4.79 Å². The smallest absolute Gasteiger partial charge is 0.293 e. The lowest BCUT2D eigenvalue weighted by atomic mass is 10.1. The van der Waals surface area contributed by atoms with Crippen molar-refractivity contribution in [3.8, 4) is 11.3 Å². The zero-order chi connectivity index (χ0) is 21.7. The largest absolute Gasteiger partial charge is 0.451 e. The second-order valence-corrected chi connectivity index (χ2v) is 6.54. The maximum absolute atomic E-state index is 12.3. The van der Waals surface area contributed by atoms with E-state index in [9.17, 15) is 19.7 Å². The molecule has 9 nitrogen and oxygen atoms in total. The topological polar surface area (TPSA) is 127 Å². The molecule has 0 bridgehead atoms. The Bertz CT molecular complexity index is 1110. The lowest BCUT2D eigenvalue weighted by molar-refractivity contribution is -0.384. The van der Waals surface area contributed by atoms with Gasteiger partial charge in [0, 0.05) is 36.0 Å². The molecule has 0 aliphatic heterocycles. The van der Waals surface area contributed by atoms with Crippen LogP contribution in [0.25, 0.3) is 11.3 Å². The Morgan fingerprint density at radius 1 is 0.933 bits per heavy atom. The number of nitrogens with zero attached hydrogens (tertiary/aromatic N) is 1. The van der Waals surface area contributed by atoms with Crippen molar-refractivity contribution in [1.82, 2.24) is 5.32 Å². The van der Waals surface area contributed by atoms with Gasteiger partial charge in [0.2, 0.25) is 5.91 Å². The third-order valence-electron chi connectivity index (χ3n) is 3.88. The molecule has 1 aromatic heterocycles. The lowest BCUT2D eigenvalue weighted by Gasteiger charge is -2.09. The van der Waals surface area contributed by atoms with Crippen molar-refractivity contribution in [2.24, 2.45) is 0 Å². The minimum Gasteiger partial charge on any atom is -0.451 e. The minimum absolute atomic E-state index is 0.0357. The van der Waals surface area contributed by atoms with Gasteiger partial charge in [0.1, 0.15) is 5.76 Å². The molecule has 0 saturated heterocycles. The van der Waals surface area contributed by atoms with E-state index in [1.54, 1.807) is 30.3 Å². The van der Waals surface area contributed by atoms with Gasteiger partial charge in [0.15, 0.2) is 10.9 Å². The first-order valence-electron chi connectivity index (χ1n) is 8.66. The number of carbonyl (C=O) groups is 2. The number of hydrogen-bond acceptors (Lipinski definition) is 6. The van der Waals surface area contributed by atoms with Crippen LogP contribution < -0.4 is 16.0 Å². The summed E-state index contributed by atoms with van der Waals surface area (Å²) in [6.45, 7) is 1.42. The molecule has 0 spiro atoms. The molecule has 30 heavy (non-hydrogen) atoms. The third-order valence-corrected chi connectivity index (χ3v) is 4.09. The summed E-state index contributed by atoms with van der Waals surface area (Å²) in [6, 6.07) is 15.6. The van der Waals surface area contributed by atoms with Crippen LogP contribution in [0.5, 0.6) is 0 Å². The van der Waals surface area contributed by atoms with E-state index in [2.05, 4.69) is 16.0 Å². The summed E-state index contributed by atoms with van der Waals surface area (Å²) in [7, 11) is 0. The molecule has 0 radical (unpaired) electrons. The number of nitro benzene ring substituents is 1. The van der Waals surface area contributed by atoms with Crippen molar-refractivity contribution in [1.29, 1.82) is 0 Å². The first-order valence-corrected chi connectivity index (χ1v) is 9.07. The number of amides is 2. The number of benzene rings is 2. The second kappa shape index (κ2) is 8.97. The van der Waals surface area contributed by atoms with Crippen LogP contribution in [0, 0.1) is 10.1 Å². The molecule has 0 aliphatic carbocycles. The fourth-order valence-electron chi connectivity index (χ4n) is 2.53. The number of hydrogen-bond donors (Lipinski definition) is 3. The molecule has 0 saturated carbocycles. The van der Waals surface area contributed by atoms with Crippen LogP contribution in [-0.4, -0.2) is 21.9 Å². The number of nitrogens with one attached hydrogen (secondary N) is 3. The molecule has 0 fully saturated rings. The molecular formula is C20H16N4O5S. The number of anilines is 2. The molecule has 0 atom stereocenters. The van der Waals surface area contributed by atoms with E-state index in [0.29, 0.717) is 22.7 Å². The van der Waals surface area contributed by atoms with Gasteiger partial charge in [0.25, 0.3) is 11.6 Å². The molecule has 0 aliphatic rings. The monoisotopic (exact) mass is 424 g/mol. The molecule has 3 aromatic rings. The summed E-state index contributed by atoms with van der Waals surface area (Å²) in [6.07, 6.45) is 0. The maximum atomic E-state index is 12.3. The van der Waals surface area contributed by atoms with Crippen LogP contribution in [0.4, 0.5) is 17.1 Å². The number of carbonyl (C=O) groups excluding carboxylic acids is 2.